The molecule has 0 bridgehead atoms. The van der Waals surface area contributed by atoms with E-state index in [1.165, 1.54) is 12.5 Å². The number of Topliss-reactive ketones (excluding diaryl/α,β-unsaturated/α-hetero) is 1. The van der Waals surface area contributed by atoms with E-state index in [1.807, 2.05) is 18.2 Å². The van der Waals surface area contributed by atoms with Crippen LogP contribution < -0.4 is 11.1 Å². The standard InChI is InChI=1S/C19H20N2O2/c1-12(22)13-5-7-14(8-6-13)19(23)21-18-4-2-3-15-11-16(20)9-10-17(15)18/h5-11,18H,2-4,20H2,1H3,(H,21,23). The lowest BCUT2D eigenvalue weighted by molar-refractivity contribution is 0.0931. The second kappa shape index (κ2) is 6.24. The van der Waals surface area contributed by atoms with Crippen molar-refractivity contribution in [1.29, 1.82) is 0 Å². The van der Waals surface area contributed by atoms with Crippen molar-refractivity contribution in [1.82, 2.24) is 5.32 Å². The summed E-state index contributed by atoms with van der Waals surface area (Å²) in [6.07, 6.45) is 2.96. The highest BCUT2D eigenvalue weighted by Gasteiger charge is 2.22. The number of hydrogen-bond donors (Lipinski definition) is 2. The molecule has 0 aromatic heterocycles. The maximum absolute atomic E-state index is 12.5. The van der Waals surface area contributed by atoms with Crippen LogP contribution in [0, 0.1) is 0 Å². The fraction of sp³-hybridized carbons (Fsp3) is 0.263. The topological polar surface area (TPSA) is 72.2 Å². The first-order valence-corrected chi connectivity index (χ1v) is 7.85. The highest BCUT2D eigenvalue weighted by atomic mass is 16.1. The zero-order valence-corrected chi connectivity index (χ0v) is 13.1. The molecule has 4 nitrogen and oxygen atoms in total. The Morgan fingerprint density at radius 1 is 1.09 bits per heavy atom. The minimum atomic E-state index is -0.116. The number of hydrogen-bond acceptors (Lipinski definition) is 3. The molecule has 4 heteroatoms. The van der Waals surface area contributed by atoms with Gasteiger partial charge in [-0.15, -0.1) is 0 Å². The van der Waals surface area contributed by atoms with Gasteiger partial charge in [0.2, 0.25) is 0 Å². The van der Waals surface area contributed by atoms with Crippen molar-refractivity contribution in [2.24, 2.45) is 0 Å². The van der Waals surface area contributed by atoms with E-state index in [-0.39, 0.29) is 17.7 Å². The summed E-state index contributed by atoms with van der Waals surface area (Å²) in [5, 5.41) is 3.09. The molecule has 118 valence electrons. The van der Waals surface area contributed by atoms with Crippen LogP contribution in [-0.4, -0.2) is 11.7 Å². The third-order valence-corrected chi connectivity index (χ3v) is 4.34. The number of rotatable bonds is 3. The zero-order valence-electron chi connectivity index (χ0n) is 13.1. The molecule has 0 saturated heterocycles. The summed E-state index contributed by atoms with van der Waals surface area (Å²) in [5.74, 6) is -0.120. The first-order chi connectivity index (χ1) is 11.0. The average Bonchev–Trinajstić information content (AvgIpc) is 2.54. The van der Waals surface area contributed by atoms with E-state index < -0.39 is 0 Å². The molecule has 23 heavy (non-hydrogen) atoms. The third kappa shape index (κ3) is 3.26. The first-order valence-electron chi connectivity index (χ1n) is 7.85. The number of aryl methyl sites for hydroxylation is 1. The lowest BCUT2D eigenvalue weighted by atomic mass is 9.87. The van der Waals surface area contributed by atoms with E-state index >= 15 is 0 Å². The van der Waals surface area contributed by atoms with Gasteiger partial charge in [-0.05, 0) is 61.6 Å². The van der Waals surface area contributed by atoms with Crippen molar-refractivity contribution in [2.45, 2.75) is 32.2 Å². The van der Waals surface area contributed by atoms with Crippen LogP contribution in [0.5, 0.6) is 0 Å². The fourth-order valence-corrected chi connectivity index (χ4v) is 3.08. The van der Waals surface area contributed by atoms with E-state index in [9.17, 15) is 9.59 Å². The minimum Gasteiger partial charge on any atom is -0.399 e. The summed E-state index contributed by atoms with van der Waals surface area (Å²) in [7, 11) is 0. The molecular weight excluding hydrogens is 288 g/mol. The van der Waals surface area contributed by atoms with Crippen molar-refractivity contribution in [3.05, 3.63) is 64.7 Å². The maximum Gasteiger partial charge on any atom is 0.251 e. The molecule has 1 aliphatic carbocycles. The van der Waals surface area contributed by atoms with Gasteiger partial charge in [0.05, 0.1) is 6.04 Å². The number of carbonyl (C=O) groups excluding carboxylic acids is 2. The van der Waals surface area contributed by atoms with E-state index in [4.69, 9.17) is 5.73 Å². The predicted molar refractivity (Wildman–Crippen MR) is 90.4 cm³/mol. The molecule has 0 saturated carbocycles. The Balaban J connectivity index is 1.77. The number of nitrogen functional groups attached to an aromatic ring is 1. The van der Waals surface area contributed by atoms with Crippen LogP contribution in [-0.2, 0) is 6.42 Å². The number of amides is 1. The number of nitrogens with one attached hydrogen (secondary N) is 1. The molecule has 0 fully saturated rings. The smallest absolute Gasteiger partial charge is 0.251 e. The molecule has 1 atom stereocenters. The Bertz CT molecular complexity index is 750. The number of ketones is 1. The van der Waals surface area contributed by atoms with E-state index in [2.05, 4.69) is 5.32 Å². The molecule has 1 aliphatic rings. The first kappa shape index (κ1) is 15.3. The molecule has 2 aromatic carbocycles. The van der Waals surface area contributed by atoms with Gasteiger partial charge in [-0.1, -0.05) is 18.2 Å². The normalized spacial score (nSPS) is 16.5. The van der Waals surface area contributed by atoms with E-state index in [1.54, 1.807) is 24.3 Å². The molecule has 2 aromatic rings. The van der Waals surface area contributed by atoms with Gasteiger partial charge in [-0.2, -0.15) is 0 Å². The third-order valence-electron chi connectivity index (χ3n) is 4.34. The molecule has 0 aliphatic heterocycles. The summed E-state index contributed by atoms with van der Waals surface area (Å²) < 4.78 is 0. The summed E-state index contributed by atoms with van der Waals surface area (Å²) in [5.41, 5.74) is 10.1. The number of fused-ring (bicyclic) bond motifs is 1. The van der Waals surface area contributed by atoms with Gasteiger partial charge in [0.1, 0.15) is 0 Å². The molecule has 3 rings (SSSR count). The van der Waals surface area contributed by atoms with Crippen molar-refractivity contribution >= 4 is 17.4 Å². The molecule has 0 heterocycles. The van der Waals surface area contributed by atoms with Crippen LogP contribution in [0.2, 0.25) is 0 Å². The number of benzene rings is 2. The molecule has 0 radical (unpaired) electrons. The van der Waals surface area contributed by atoms with Crippen LogP contribution >= 0.6 is 0 Å². The fourth-order valence-electron chi connectivity index (χ4n) is 3.08. The van der Waals surface area contributed by atoms with Crippen LogP contribution in [0.25, 0.3) is 0 Å². The van der Waals surface area contributed by atoms with Crippen LogP contribution in [0.4, 0.5) is 5.69 Å². The zero-order chi connectivity index (χ0) is 16.4. The average molecular weight is 308 g/mol. The Morgan fingerprint density at radius 2 is 1.78 bits per heavy atom. The van der Waals surface area contributed by atoms with Crippen molar-refractivity contribution in [3.63, 3.8) is 0 Å². The van der Waals surface area contributed by atoms with Crippen molar-refractivity contribution in [3.8, 4) is 0 Å². The molecule has 1 amide bonds. The van der Waals surface area contributed by atoms with Gasteiger partial charge in [0.15, 0.2) is 5.78 Å². The number of anilines is 1. The summed E-state index contributed by atoms with van der Waals surface area (Å²) in [4.78, 5) is 23.7. The highest BCUT2D eigenvalue weighted by Crippen LogP contribution is 2.31. The van der Waals surface area contributed by atoms with Gasteiger partial charge in [0.25, 0.3) is 5.91 Å². The van der Waals surface area contributed by atoms with Gasteiger partial charge >= 0.3 is 0 Å². The SMILES string of the molecule is CC(=O)c1ccc(C(=O)NC2CCCc3cc(N)ccc32)cc1. The maximum atomic E-state index is 12.5. The highest BCUT2D eigenvalue weighted by molar-refractivity contribution is 5.97. The van der Waals surface area contributed by atoms with E-state index in [0.717, 1.165) is 30.5 Å². The van der Waals surface area contributed by atoms with E-state index in [0.29, 0.717) is 11.1 Å². The predicted octanol–water partition coefficient (Wildman–Crippen LogP) is 3.28. The lowest BCUT2D eigenvalue weighted by Crippen LogP contribution is -2.31. The monoisotopic (exact) mass is 308 g/mol. The quantitative estimate of drug-likeness (QED) is 0.675. The summed E-state index contributed by atoms with van der Waals surface area (Å²) in [6.45, 7) is 1.51. The number of nitrogens with two attached hydrogens (primary N) is 1. The Hall–Kier alpha value is -2.62. The molecule has 3 N–H and O–H groups in total. The molecule has 1 unspecified atom stereocenters. The Morgan fingerprint density at radius 3 is 2.48 bits per heavy atom. The summed E-state index contributed by atoms with van der Waals surface area (Å²) >= 11 is 0. The van der Waals surface area contributed by atoms with Crippen molar-refractivity contribution < 1.29 is 9.59 Å². The largest absolute Gasteiger partial charge is 0.399 e. The van der Waals surface area contributed by atoms with Gasteiger partial charge in [-0.3, -0.25) is 9.59 Å². The molecule has 0 spiro atoms. The second-order valence-corrected chi connectivity index (χ2v) is 6.01. The Kier molecular flexibility index (Phi) is 4.15. The van der Waals surface area contributed by atoms with Gasteiger partial charge < -0.3 is 11.1 Å². The number of carbonyl (C=O) groups is 2. The Labute approximate surface area is 135 Å². The van der Waals surface area contributed by atoms with Gasteiger partial charge in [-0.25, -0.2) is 0 Å². The second-order valence-electron chi connectivity index (χ2n) is 6.01. The van der Waals surface area contributed by atoms with Crippen molar-refractivity contribution in [2.75, 3.05) is 5.73 Å². The van der Waals surface area contributed by atoms with Crippen LogP contribution in [0.15, 0.2) is 42.5 Å². The lowest BCUT2D eigenvalue weighted by Gasteiger charge is -2.26. The summed E-state index contributed by atoms with van der Waals surface area (Å²) in [6, 6.07) is 12.7. The molecular formula is C19H20N2O2. The van der Waals surface area contributed by atoms with Crippen LogP contribution in [0.1, 0.15) is 57.7 Å². The van der Waals surface area contributed by atoms with Crippen LogP contribution in [0.3, 0.4) is 0 Å². The van der Waals surface area contributed by atoms with Gasteiger partial charge in [0, 0.05) is 16.8 Å². The minimum absolute atomic E-state index is 0.00393.